The highest BCUT2D eigenvalue weighted by Gasteiger charge is 2.40. The quantitative estimate of drug-likeness (QED) is 0.393. The van der Waals surface area contributed by atoms with E-state index in [9.17, 15) is 9.90 Å². The van der Waals surface area contributed by atoms with Crippen LogP contribution in [-0.4, -0.2) is 43.3 Å². The predicted octanol–water partition coefficient (Wildman–Crippen LogP) is 6.47. The maximum absolute atomic E-state index is 13.4. The molecule has 0 radical (unpaired) electrons. The minimum Gasteiger partial charge on any atom is -0.496 e. The second-order valence-electron chi connectivity index (χ2n) is 9.08. The highest BCUT2D eigenvalue weighted by Crippen LogP contribution is 2.47. The van der Waals surface area contributed by atoms with Crippen LogP contribution in [0.5, 0.6) is 11.5 Å². The standard InChI is InChI=1S/C28H29Cl2NO4/c1-28(17-32)12-5-13-31(27(28)33)16-22-23(34-2)15-24(35-3)26(19-6-4-7-21(30)14-19)25(22)18-8-10-20(29)11-9-18/h4,6-11,14-15,32H,5,12-13,16-17H2,1-3H3. The smallest absolute Gasteiger partial charge is 0.231 e. The van der Waals surface area contributed by atoms with Crippen molar-refractivity contribution in [2.24, 2.45) is 5.41 Å². The van der Waals surface area contributed by atoms with Crippen LogP contribution in [0.15, 0.2) is 54.6 Å². The zero-order chi connectivity index (χ0) is 25.2. The van der Waals surface area contributed by atoms with E-state index in [0.29, 0.717) is 41.1 Å². The van der Waals surface area contributed by atoms with Gasteiger partial charge in [-0.25, -0.2) is 0 Å². The van der Waals surface area contributed by atoms with E-state index >= 15 is 0 Å². The summed E-state index contributed by atoms with van der Waals surface area (Å²) in [5.41, 5.74) is 3.58. The van der Waals surface area contributed by atoms with Crippen molar-refractivity contribution >= 4 is 29.1 Å². The van der Waals surface area contributed by atoms with Crippen molar-refractivity contribution in [3.8, 4) is 33.8 Å². The van der Waals surface area contributed by atoms with Gasteiger partial charge in [0.25, 0.3) is 0 Å². The van der Waals surface area contributed by atoms with E-state index in [1.54, 1.807) is 14.2 Å². The Morgan fingerprint density at radius 2 is 1.66 bits per heavy atom. The Morgan fingerprint density at radius 1 is 0.943 bits per heavy atom. The molecule has 3 aromatic rings. The van der Waals surface area contributed by atoms with E-state index < -0.39 is 5.41 Å². The Bertz CT molecular complexity index is 1230. The van der Waals surface area contributed by atoms with E-state index in [-0.39, 0.29) is 12.5 Å². The summed E-state index contributed by atoms with van der Waals surface area (Å²) in [6.45, 7) is 2.58. The molecule has 184 valence electrons. The molecule has 1 amide bonds. The number of rotatable bonds is 7. The van der Waals surface area contributed by atoms with E-state index in [2.05, 4.69) is 0 Å². The number of hydrogen-bond acceptors (Lipinski definition) is 4. The van der Waals surface area contributed by atoms with Crippen molar-refractivity contribution in [3.63, 3.8) is 0 Å². The molecule has 1 heterocycles. The summed E-state index contributed by atoms with van der Waals surface area (Å²) < 4.78 is 11.6. The van der Waals surface area contributed by atoms with Crippen molar-refractivity contribution in [2.75, 3.05) is 27.4 Å². The fourth-order valence-corrected chi connectivity index (χ4v) is 5.10. The number of aliphatic hydroxyl groups is 1. The molecule has 1 fully saturated rings. The van der Waals surface area contributed by atoms with Crippen molar-refractivity contribution in [3.05, 3.63) is 70.2 Å². The van der Waals surface area contributed by atoms with Gasteiger partial charge in [-0.2, -0.15) is 0 Å². The number of nitrogens with zero attached hydrogens (tertiary/aromatic N) is 1. The lowest BCUT2D eigenvalue weighted by Gasteiger charge is -2.39. The Hall–Kier alpha value is -2.73. The average molecular weight is 514 g/mol. The highest BCUT2D eigenvalue weighted by molar-refractivity contribution is 6.31. The summed E-state index contributed by atoms with van der Waals surface area (Å²) in [6, 6.07) is 17.0. The minimum absolute atomic E-state index is 0.0597. The van der Waals surface area contributed by atoms with E-state index in [0.717, 1.165) is 34.2 Å². The second-order valence-corrected chi connectivity index (χ2v) is 9.95. The summed E-state index contributed by atoms with van der Waals surface area (Å²) in [4.78, 5) is 15.2. The lowest BCUT2D eigenvalue weighted by molar-refractivity contribution is -0.148. The number of aliphatic hydroxyl groups excluding tert-OH is 1. The number of ether oxygens (including phenoxy) is 2. The molecule has 1 saturated heterocycles. The first-order valence-electron chi connectivity index (χ1n) is 11.5. The lowest BCUT2D eigenvalue weighted by atomic mass is 9.81. The van der Waals surface area contributed by atoms with Gasteiger partial charge < -0.3 is 19.5 Å². The summed E-state index contributed by atoms with van der Waals surface area (Å²) in [7, 11) is 3.23. The zero-order valence-electron chi connectivity index (χ0n) is 20.1. The van der Waals surface area contributed by atoms with Gasteiger partial charge in [0.1, 0.15) is 11.5 Å². The van der Waals surface area contributed by atoms with Crippen LogP contribution >= 0.6 is 23.2 Å². The fraction of sp³-hybridized carbons (Fsp3) is 0.321. The van der Waals surface area contributed by atoms with Gasteiger partial charge in [-0.15, -0.1) is 0 Å². The van der Waals surface area contributed by atoms with Crippen molar-refractivity contribution < 1.29 is 19.4 Å². The van der Waals surface area contributed by atoms with Gasteiger partial charge >= 0.3 is 0 Å². The topological polar surface area (TPSA) is 59.0 Å². The molecule has 0 aromatic heterocycles. The van der Waals surface area contributed by atoms with Gasteiger partial charge in [-0.05, 0) is 55.2 Å². The molecule has 3 aromatic carbocycles. The van der Waals surface area contributed by atoms with Crippen LogP contribution in [-0.2, 0) is 11.3 Å². The van der Waals surface area contributed by atoms with Crippen LogP contribution in [0.25, 0.3) is 22.3 Å². The van der Waals surface area contributed by atoms with Crippen LogP contribution in [0.4, 0.5) is 0 Å². The molecular weight excluding hydrogens is 485 g/mol. The van der Waals surface area contributed by atoms with E-state index in [4.69, 9.17) is 32.7 Å². The minimum atomic E-state index is -0.784. The van der Waals surface area contributed by atoms with Crippen LogP contribution in [0, 0.1) is 5.41 Å². The number of methoxy groups -OCH3 is 2. The first kappa shape index (κ1) is 25.4. The number of halogens is 2. The lowest BCUT2D eigenvalue weighted by Crippen LogP contribution is -2.48. The first-order valence-corrected chi connectivity index (χ1v) is 12.3. The Balaban J connectivity index is 1.98. The molecule has 4 rings (SSSR count). The van der Waals surface area contributed by atoms with Gasteiger partial charge in [-0.3, -0.25) is 4.79 Å². The van der Waals surface area contributed by atoms with Gasteiger partial charge in [0, 0.05) is 45.9 Å². The highest BCUT2D eigenvalue weighted by atomic mass is 35.5. The molecule has 1 unspecified atom stereocenters. The van der Waals surface area contributed by atoms with Crippen molar-refractivity contribution in [2.45, 2.75) is 26.3 Å². The molecule has 0 saturated carbocycles. The Labute approximate surface area is 216 Å². The molecule has 1 aliphatic rings. The Kier molecular flexibility index (Phi) is 7.60. The number of amides is 1. The third-order valence-electron chi connectivity index (χ3n) is 6.70. The molecule has 1 aliphatic heterocycles. The molecule has 0 aliphatic carbocycles. The van der Waals surface area contributed by atoms with Crippen molar-refractivity contribution in [1.82, 2.24) is 4.90 Å². The van der Waals surface area contributed by atoms with Crippen LogP contribution < -0.4 is 9.47 Å². The second kappa shape index (κ2) is 10.5. The SMILES string of the molecule is COc1cc(OC)c(-c2cccc(Cl)c2)c(-c2ccc(Cl)cc2)c1CN1CCCC(C)(CO)C1=O. The molecule has 1 atom stereocenters. The maximum Gasteiger partial charge on any atom is 0.231 e. The molecule has 35 heavy (non-hydrogen) atoms. The molecule has 7 heteroatoms. The molecule has 0 bridgehead atoms. The summed E-state index contributed by atoms with van der Waals surface area (Å²) in [6.07, 6.45) is 1.48. The molecular formula is C28H29Cl2NO4. The summed E-state index contributed by atoms with van der Waals surface area (Å²) in [5, 5.41) is 11.2. The number of hydrogen-bond donors (Lipinski definition) is 1. The van der Waals surface area contributed by atoms with Crippen molar-refractivity contribution in [1.29, 1.82) is 0 Å². The largest absolute Gasteiger partial charge is 0.496 e. The number of carbonyl (C=O) groups excluding carboxylic acids is 1. The summed E-state index contributed by atoms with van der Waals surface area (Å²) >= 11 is 12.6. The molecule has 0 spiro atoms. The number of piperidine rings is 1. The van der Waals surface area contributed by atoms with Gasteiger partial charge in [-0.1, -0.05) is 47.5 Å². The third kappa shape index (κ3) is 4.99. The number of carbonyl (C=O) groups is 1. The van der Waals surface area contributed by atoms with Crippen LogP contribution in [0.3, 0.4) is 0 Å². The van der Waals surface area contributed by atoms with Gasteiger partial charge in [0.2, 0.25) is 5.91 Å². The van der Waals surface area contributed by atoms with E-state index in [1.807, 2.05) is 66.4 Å². The molecule has 5 nitrogen and oxygen atoms in total. The fourth-order valence-electron chi connectivity index (χ4n) is 4.78. The van der Waals surface area contributed by atoms with E-state index in [1.165, 1.54) is 0 Å². The number of benzene rings is 3. The molecule has 1 N–H and O–H groups in total. The average Bonchev–Trinajstić information content (AvgIpc) is 2.87. The van der Waals surface area contributed by atoms with Gasteiger partial charge in [0.05, 0.1) is 26.2 Å². The monoisotopic (exact) mass is 513 g/mol. The Morgan fingerprint density at radius 3 is 2.29 bits per heavy atom. The first-order chi connectivity index (χ1) is 16.8. The zero-order valence-corrected chi connectivity index (χ0v) is 21.6. The third-order valence-corrected chi connectivity index (χ3v) is 7.19. The summed E-state index contributed by atoms with van der Waals surface area (Å²) in [5.74, 6) is 1.18. The van der Waals surface area contributed by atoms with Crippen LogP contribution in [0.2, 0.25) is 10.0 Å². The number of likely N-dealkylation sites (tertiary alicyclic amines) is 1. The normalized spacial score (nSPS) is 18.0. The van der Waals surface area contributed by atoms with Crippen LogP contribution in [0.1, 0.15) is 25.3 Å². The van der Waals surface area contributed by atoms with Gasteiger partial charge in [0.15, 0.2) is 0 Å². The predicted molar refractivity (Wildman–Crippen MR) is 140 cm³/mol. The maximum atomic E-state index is 13.4.